The molecule has 2 aromatic heterocycles. The highest BCUT2D eigenvalue weighted by molar-refractivity contribution is 7.90. The van der Waals surface area contributed by atoms with E-state index in [1.54, 1.807) is 30.5 Å². The van der Waals surface area contributed by atoms with Crippen LogP contribution in [0.4, 0.5) is 11.4 Å². The molecule has 0 saturated carbocycles. The van der Waals surface area contributed by atoms with E-state index in [0.29, 0.717) is 24.5 Å². The molecule has 68 heavy (non-hydrogen) atoms. The highest BCUT2D eigenvalue weighted by Crippen LogP contribution is 2.44. The molecule has 0 radical (unpaired) electrons. The summed E-state index contributed by atoms with van der Waals surface area (Å²) in [6, 6.07) is 30.5. The summed E-state index contributed by atoms with van der Waals surface area (Å²) >= 11 is 6.25. The number of allylic oxidation sites excluding steroid dienone is 1. The summed E-state index contributed by atoms with van der Waals surface area (Å²) in [4.78, 5) is 37.4. The lowest BCUT2D eigenvalue weighted by molar-refractivity contribution is -0.384. The number of amides is 1. The number of nitro benzene ring substituents is 1. The maximum Gasteiger partial charge on any atom is 0.293 e. The highest BCUT2D eigenvalue weighted by atomic mass is 35.5. The Labute approximate surface area is 401 Å². The number of H-pyrrole nitrogens is 1. The molecule has 0 bridgehead atoms. The number of anilines is 1. The zero-order valence-corrected chi connectivity index (χ0v) is 39.6. The maximum absolute atomic E-state index is 14.0. The number of fused-ring (bicyclic) bond motifs is 1. The smallest absolute Gasteiger partial charge is 0.293 e. The summed E-state index contributed by atoms with van der Waals surface area (Å²) in [6.45, 7) is 9.95. The second kappa shape index (κ2) is 20.1. The third-order valence-electron chi connectivity index (χ3n) is 13.0. The summed E-state index contributed by atoms with van der Waals surface area (Å²) in [5, 5.41) is 16.9. The predicted molar refractivity (Wildman–Crippen MR) is 265 cm³/mol. The van der Waals surface area contributed by atoms with Crippen molar-refractivity contribution in [3.63, 3.8) is 0 Å². The second-order valence-corrected chi connectivity index (χ2v) is 20.6. The van der Waals surface area contributed by atoms with Gasteiger partial charge in [0.2, 0.25) is 0 Å². The number of benzene rings is 4. The average Bonchev–Trinajstić information content (AvgIpc) is 3.80. The topological polar surface area (TPSA) is 172 Å². The third-order valence-corrected chi connectivity index (χ3v) is 14.6. The van der Waals surface area contributed by atoms with Crippen molar-refractivity contribution in [1.29, 1.82) is 0 Å². The van der Waals surface area contributed by atoms with Crippen LogP contribution in [0, 0.1) is 15.5 Å². The van der Waals surface area contributed by atoms with Crippen molar-refractivity contribution >= 4 is 61.1 Å². The molecular formula is C52H54ClN7O7S. The van der Waals surface area contributed by atoms with Gasteiger partial charge < -0.3 is 19.8 Å². The molecule has 4 aromatic carbocycles. The number of carbonyl (C=O) groups excluding carboxylic acids is 1. The van der Waals surface area contributed by atoms with Gasteiger partial charge in [-0.1, -0.05) is 85.6 Å². The second-order valence-electron chi connectivity index (χ2n) is 18.5. The van der Waals surface area contributed by atoms with Crippen LogP contribution in [0.5, 0.6) is 11.5 Å². The van der Waals surface area contributed by atoms with Crippen LogP contribution in [0.25, 0.3) is 22.2 Å². The van der Waals surface area contributed by atoms with Crippen LogP contribution in [-0.4, -0.2) is 91.0 Å². The fourth-order valence-corrected chi connectivity index (χ4v) is 10.4. The first-order chi connectivity index (χ1) is 32.7. The summed E-state index contributed by atoms with van der Waals surface area (Å²) in [7, 11) is -4.60. The standard InChI is InChI=1S/C52H54ClN7O7S/c1-52(2)20-16-40(46(29-52)37-8-11-41(53)12-9-37)33-58-22-18-36(19-23-58)38-10-14-45(49(27-38)67-42-26-39-17-21-54-50(39)56-30-42)51(61)57-68(64,65)44-13-15-47(48(28-44)60(62)63)55-31-43-34-59(24-25-66-43)32-35-6-4-3-5-7-35/h3-15,17-18,21,26-28,30,43,55H,16,19-20,22-25,29,31-34H2,1-2H3,(H,54,56)(H,57,61). The van der Waals surface area contributed by atoms with Crippen LogP contribution in [0.3, 0.4) is 0 Å². The van der Waals surface area contributed by atoms with Crippen molar-refractivity contribution in [3.8, 4) is 11.5 Å². The van der Waals surface area contributed by atoms with Gasteiger partial charge in [0, 0.05) is 68.5 Å². The monoisotopic (exact) mass is 955 g/mol. The summed E-state index contributed by atoms with van der Waals surface area (Å²) in [5.74, 6) is -0.502. The van der Waals surface area contributed by atoms with E-state index < -0.39 is 31.4 Å². The number of nitro groups is 1. The Bertz CT molecular complexity index is 3010. The van der Waals surface area contributed by atoms with Gasteiger partial charge in [-0.05, 0) is 107 Å². The van der Waals surface area contributed by atoms with Crippen molar-refractivity contribution in [3.05, 3.63) is 165 Å². The zero-order valence-electron chi connectivity index (χ0n) is 38.0. The van der Waals surface area contributed by atoms with E-state index in [4.69, 9.17) is 21.1 Å². The molecule has 14 nitrogen and oxygen atoms in total. The van der Waals surface area contributed by atoms with Crippen LogP contribution >= 0.6 is 11.6 Å². The minimum Gasteiger partial charge on any atom is -0.455 e. The number of nitrogens with zero attached hydrogens (tertiary/aromatic N) is 4. The van der Waals surface area contributed by atoms with Crippen LogP contribution in [0.15, 0.2) is 132 Å². The van der Waals surface area contributed by atoms with Crippen LogP contribution in [0.1, 0.15) is 66.6 Å². The number of ether oxygens (including phenoxy) is 2. The molecule has 1 fully saturated rings. The van der Waals surface area contributed by atoms with Gasteiger partial charge in [0.1, 0.15) is 22.8 Å². The number of aromatic nitrogens is 2. The van der Waals surface area contributed by atoms with Crippen LogP contribution in [-0.2, 0) is 21.3 Å². The Hall–Kier alpha value is -6.36. The maximum atomic E-state index is 14.0. The van der Waals surface area contributed by atoms with E-state index in [0.717, 1.165) is 86.0 Å². The Morgan fingerprint density at radius 3 is 2.56 bits per heavy atom. The van der Waals surface area contributed by atoms with Crippen molar-refractivity contribution in [2.75, 3.05) is 51.2 Å². The number of carbonyl (C=O) groups is 1. The molecule has 3 N–H and O–H groups in total. The molecule has 4 heterocycles. The molecule has 9 rings (SSSR count). The molecule has 352 valence electrons. The first-order valence-electron chi connectivity index (χ1n) is 22.9. The normalized spacial score (nSPS) is 18.0. The molecule has 16 heteroatoms. The van der Waals surface area contributed by atoms with Gasteiger partial charge in [-0.25, -0.2) is 18.1 Å². The Balaban J connectivity index is 0.915. The first kappa shape index (κ1) is 46.7. The molecule has 1 saturated heterocycles. The van der Waals surface area contributed by atoms with Gasteiger partial charge in [0.05, 0.1) is 34.3 Å². The summed E-state index contributed by atoms with van der Waals surface area (Å²) in [6.07, 6.45) is 9.14. The molecule has 1 atom stereocenters. The molecule has 3 aliphatic rings. The number of hydrogen-bond acceptors (Lipinski definition) is 11. The highest BCUT2D eigenvalue weighted by Gasteiger charge is 2.30. The number of sulfonamides is 1. The largest absolute Gasteiger partial charge is 0.455 e. The van der Waals surface area contributed by atoms with E-state index in [-0.39, 0.29) is 35.1 Å². The van der Waals surface area contributed by atoms with Crippen molar-refractivity contribution in [2.45, 2.75) is 57.1 Å². The van der Waals surface area contributed by atoms with E-state index in [1.165, 1.54) is 40.6 Å². The van der Waals surface area contributed by atoms with Gasteiger partial charge in [0.15, 0.2) is 0 Å². The van der Waals surface area contributed by atoms with Crippen LogP contribution < -0.4 is 14.8 Å². The van der Waals surface area contributed by atoms with Crippen molar-refractivity contribution in [1.82, 2.24) is 24.5 Å². The first-order valence-corrected chi connectivity index (χ1v) is 24.7. The van der Waals surface area contributed by atoms with Crippen molar-refractivity contribution < 1.29 is 27.6 Å². The lowest BCUT2D eigenvalue weighted by Crippen LogP contribution is -2.44. The Kier molecular flexibility index (Phi) is 13.8. The minimum absolute atomic E-state index is 0.0482. The van der Waals surface area contributed by atoms with Crippen molar-refractivity contribution in [2.24, 2.45) is 5.41 Å². The molecule has 0 spiro atoms. The number of hydrogen-bond donors (Lipinski definition) is 3. The Morgan fingerprint density at radius 2 is 1.78 bits per heavy atom. The molecule has 2 aliphatic heterocycles. The van der Waals surface area contributed by atoms with E-state index in [2.05, 4.69) is 74.0 Å². The fourth-order valence-electron chi connectivity index (χ4n) is 9.28. The van der Waals surface area contributed by atoms with Gasteiger partial charge in [-0.3, -0.25) is 24.7 Å². The third kappa shape index (κ3) is 11.1. The van der Waals surface area contributed by atoms with Gasteiger partial charge in [-0.15, -0.1) is 0 Å². The van der Waals surface area contributed by atoms with E-state index in [9.17, 15) is 23.3 Å². The molecule has 1 amide bonds. The SMILES string of the molecule is CC1(C)CCC(CN2CC=C(c3ccc(C(=O)NS(=O)(=O)c4ccc(NCC5CN(Cc6ccccc6)CCO5)c([N+](=O)[O-])c4)c(Oc4cnc5[nH]ccc5c4)c3)CC2)=C(c2ccc(Cl)cc2)C1. The van der Waals surface area contributed by atoms with E-state index in [1.807, 2.05) is 36.4 Å². The number of rotatable bonds is 15. The predicted octanol–water partition coefficient (Wildman–Crippen LogP) is 10.1. The summed E-state index contributed by atoms with van der Waals surface area (Å²) in [5.41, 5.74) is 7.64. The molecule has 1 unspecified atom stereocenters. The number of aromatic amines is 1. The zero-order chi connectivity index (χ0) is 47.4. The number of halogens is 1. The van der Waals surface area contributed by atoms with Gasteiger partial charge in [0.25, 0.3) is 21.6 Å². The van der Waals surface area contributed by atoms with Gasteiger partial charge >= 0.3 is 0 Å². The quantitative estimate of drug-likeness (QED) is 0.0661. The minimum atomic E-state index is -4.60. The lowest BCUT2D eigenvalue weighted by atomic mass is 9.72. The van der Waals surface area contributed by atoms with Crippen LogP contribution in [0.2, 0.25) is 5.02 Å². The summed E-state index contributed by atoms with van der Waals surface area (Å²) < 4.78 is 42.1. The average molecular weight is 957 g/mol. The molecular weight excluding hydrogens is 902 g/mol. The number of morpholine rings is 1. The fraction of sp³-hybridized carbons (Fsp3) is 0.308. The Morgan fingerprint density at radius 1 is 0.971 bits per heavy atom. The lowest BCUT2D eigenvalue weighted by Gasteiger charge is -2.36. The van der Waals surface area contributed by atoms with Gasteiger partial charge in [-0.2, -0.15) is 0 Å². The molecule has 1 aliphatic carbocycles. The number of pyridine rings is 1. The number of nitrogens with one attached hydrogen (secondary N) is 3. The van der Waals surface area contributed by atoms with E-state index >= 15 is 0 Å². The molecule has 6 aromatic rings.